The quantitative estimate of drug-likeness (QED) is 0.867. The first-order valence-electron chi connectivity index (χ1n) is 6.20. The van der Waals surface area contributed by atoms with Gasteiger partial charge in [0.2, 0.25) is 0 Å². The van der Waals surface area contributed by atoms with E-state index in [9.17, 15) is 0 Å². The summed E-state index contributed by atoms with van der Waals surface area (Å²) in [6.45, 7) is 2.24. The van der Waals surface area contributed by atoms with Gasteiger partial charge in [-0.05, 0) is 42.2 Å². The second-order valence-corrected chi connectivity index (χ2v) is 4.55. The van der Waals surface area contributed by atoms with Crippen LogP contribution in [-0.4, -0.2) is 11.7 Å². The summed E-state index contributed by atoms with van der Waals surface area (Å²) < 4.78 is 5.77. The minimum atomic E-state index is 0.212. The van der Waals surface area contributed by atoms with Crippen molar-refractivity contribution in [3.05, 3.63) is 60.2 Å². The van der Waals surface area contributed by atoms with Crippen molar-refractivity contribution in [2.24, 2.45) is 5.92 Å². The van der Waals surface area contributed by atoms with Gasteiger partial charge < -0.3 is 9.84 Å². The van der Waals surface area contributed by atoms with Crippen LogP contribution in [0.15, 0.2) is 54.6 Å². The molecular weight excluding hydrogens is 224 g/mol. The molecule has 1 N–H and O–H groups in total. The molecule has 0 bridgehead atoms. The van der Waals surface area contributed by atoms with Crippen molar-refractivity contribution < 1.29 is 9.84 Å². The predicted octanol–water partition coefficient (Wildman–Crippen LogP) is 3.65. The fraction of sp³-hybridized carbons (Fsp3) is 0.250. The van der Waals surface area contributed by atoms with Gasteiger partial charge in [-0.25, -0.2) is 0 Å². The first-order chi connectivity index (χ1) is 8.78. The van der Waals surface area contributed by atoms with Crippen LogP contribution in [-0.2, 0) is 6.42 Å². The van der Waals surface area contributed by atoms with Crippen LogP contribution in [0.25, 0.3) is 0 Å². The molecular formula is C16H18O2. The highest BCUT2D eigenvalue weighted by molar-refractivity contribution is 5.33. The Balaban J connectivity index is 2.08. The van der Waals surface area contributed by atoms with Crippen LogP contribution in [0.1, 0.15) is 12.5 Å². The van der Waals surface area contributed by atoms with E-state index in [1.165, 1.54) is 5.56 Å². The zero-order chi connectivity index (χ0) is 12.8. The van der Waals surface area contributed by atoms with Gasteiger partial charge in [0.25, 0.3) is 0 Å². The van der Waals surface area contributed by atoms with Crippen LogP contribution in [0, 0.1) is 5.92 Å². The molecule has 0 aromatic heterocycles. The summed E-state index contributed by atoms with van der Waals surface area (Å²) in [4.78, 5) is 0. The van der Waals surface area contributed by atoms with Crippen LogP contribution in [0.2, 0.25) is 0 Å². The van der Waals surface area contributed by atoms with E-state index in [0.29, 0.717) is 0 Å². The van der Waals surface area contributed by atoms with E-state index in [-0.39, 0.29) is 12.5 Å². The van der Waals surface area contributed by atoms with Crippen LogP contribution in [0.5, 0.6) is 11.5 Å². The molecule has 18 heavy (non-hydrogen) atoms. The molecule has 2 aromatic rings. The van der Waals surface area contributed by atoms with E-state index in [1.807, 2.05) is 55.5 Å². The molecule has 1 unspecified atom stereocenters. The summed E-state index contributed by atoms with van der Waals surface area (Å²) in [5.41, 5.74) is 1.19. The molecule has 0 aliphatic heterocycles. The molecule has 0 fully saturated rings. The lowest BCUT2D eigenvalue weighted by atomic mass is 10.0. The molecule has 0 aliphatic carbocycles. The van der Waals surface area contributed by atoms with E-state index in [2.05, 4.69) is 6.07 Å². The molecule has 0 radical (unpaired) electrons. The summed E-state index contributed by atoms with van der Waals surface area (Å²) >= 11 is 0. The zero-order valence-electron chi connectivity index (χ0n) is 10.5. The van der Waals surface area contributed by atoms with Gasteiger partial charge in [0.05, 0.1) is 0 Å². The molecule has 0 aliphatic rings. The lowest BCUT2D eigenvalue weighted by Gasteiger charge is -2.10. The molecule has 0 saturated carbocycles. The molecule has 1 atom stereocenters. The molecule has 2 nitrogen and oxygen atoms in total. The topological polar surface area (TPSA) is 29.5 Å². The van der Waals surface area contributed by atoms with Crippen molar-refractivity contribution in [2.75, 3.05) is 6.61 Å². The largest absolute Gasteiger partial charge is 0.457 e. The minimum absolute atomic E-state index is 0.212. The number of rotatable bonds is 5. The summed E-state index contributed by atoms with van der Waals surface area (Å²) in [6, 6.07) is 17.7. The van der Waals surface area contributed by atoms with Crippen molar-refractivity contribution in [1.29, 1.82) is 0 Å². The highest BCUT2D eigenvalue weighted by Gasteiger charge is 2.03. The van der Waals surface area contributed by atoms with Crippen molar-refractivity contribution >= 4 is 0 Å². The number of ether oxygens (including phenoxy) is 1. The van der Waals surface area contributed by atoms with Gasteiger partial charge in [0, 0.05) is 6.61 Å². The lowest BCUT2D eigenvalue weighted by Crippen LogP contribution is -2.04. The van der Waals surface area contributed by atoms with Gasteiger partial charge in [-0.1, -0.05) is 37.3 Å². The van der Waals surface area contributed by atoms with Crippen LogP contribution in [0.3, 0.4) is 0 Å². The summed E-state index contributed by atoms with van der Waals surface area (Å²) in [5.74, 6) is 1.95. The Morgan fingerprint density at radius 3 is 2.44 bits per heavy atom. The fourth-order valence-electron chi connectivity index (χ4n) is 1.83. The van der Waals surface area contributed by atoms with Crippen molar-refractivity contribution in [2.45, 2.75) is 13.3 Å². The van der Waals surface area contributed by atoms with Gasteiger partial charge in [-0.15, -0.1) is 0 Å². The van der Waals surface area contributed by atoms with Gasteiger partial charge in [0.1, 0.15) is 11.5 Å². The molecule has 0 saturated heterocycles. The Labute approximate surface area is 108 Å². The first kappa shape index (κ1) is 12.7. The first-order valence-corrected chi connectivity index (χ1v) is 6.20. The Morgan fingerprint density at radius 2 is 1.72 bits per heavy atom. The van der Waals surface area contributed by atoms with Crippen LogP contribution >= 0.6 is 0 Å². The maximum absolute atomic E-state index is 9.07. The van der Waals surface area contributed by atoms with E-state index in [4.69, 9.17) is 9.84 Å². The van der Waals surface area contributed by atoms with E-state index < -0.39 is 0 Å². The van der Waals surface area contributed by atoms with E-state index in [0.717, 1.165) is 17.9 Å². The third-order valence-corrected chi connectivity index (χ3v) is 2.77. The Hall–Kier alpha value is -1.80. The van der Waals surface area contributed by atoms with Gasteiger partial charge in [0.15, 0.2) is 0 Å². The second-order valence-electron chi connectivity index (χ2n) is 4.55. The van der Waals surface area contributed by atoms with Crippen LogP contribution < -0.4 is 4.74 Å². The summed E-state index contributed by atoms with van der Waals surface area (Å²) in [7, 11) is 0. The normalized spacial score (nSPS) is 12.1. The van der Waals surface area contributed by atoms with Gasteiger partial charge in [-0.3, -0.25) is 0 Å². The molecule has 0 heterocycles. The average molecular weight is 242 g/mol. The highest BCUT2D eigenvalue weighted by atomic mass is 16.5. The number of hydrogen-bond acceptors (Lipinski definition) is 2. The Bertz CT molecular complexity index is 479. The Morgan fingerprint density at radius 1 is 1.00 bits per heavy atom. The Kier molecular flexibility index (Phi) is 4.37. The molecule has 2 aromatic carbocycles. The van der Waals surface area contributed by atoms with Crippen molar-refractivity contribution in [1.82, 2.24) is 0 Å². The third kappa shape index (κ3) is 3.60. The number of aliphatic hydroxyl groups is 1. The highest BCUT2D eigenvalue weighted by Crippen LogP contribution is 2.22. The molecule has 0 spiro atoms. The standard InChI is InChI=1S/C16H18O2/c1-13(12-17)10-14-6-5-9-16(11-14)18-15-7-3-2-4-8-15/h2-9,11,13,17H,10,12H2,1H3. The minimum Gasteiger partial charge on any atom is -0.457 e. The smallest absolute Gasteiger partial charge is 0.127 e. The number of benzene rings is 2. The molecule has 2 rings (SSSR count). The number of aliphatic hydroxyl groups excluding tert-OH is 1. The van der Waals surface area contributed by atoms with E-state index >= 15 is 0 Å². The monoisotopic (exact) mass is 242 g/mol. The molecule has 2 heteroatoms. The SMILES string of the molecule is CC(CO)Cc1cccc(Oc2ccccc2)c1. The summed E-state index contributed by atoms with van der Waals surface area (Å²) in [5, 5.41) is 9.07. The molecule has 94 valence electrons. The van der Waals surface area contributed by atoms with Gasteiger partial charge >= 0.3 is 0 Å². The van der Waals surface area contributed by atoms with Crippen LogP contribution in [0.4, 0.5) is 0 Å². The third-order valence-electron chi connectivity index (χ3n) is 2.77. The second kappa shape index (κ2) is 6.22. The maximum atomic E-state index is 9.07. The molecule has 0 amide bonds. The van der Waals surface area contributed by atoms with E-state index in [1.54, 1.807) is 0 Å². The lowest BCUT2D eigenvalue weighted by molar-refractivity contribution is 0.237. The fourth-order valence-corrected chi connectivity index (χ4v) is 1.83. The number of para-hydroxylation sites is 1. The van der Waals surface area contributed by atoms with Gasteiger partial charge in [-0.2, -0.15) is 0 Å². The number of hydrogen-bond donors (Lipinski definition) is 1. The predicted molar refractivity (Wildman–Crippen MR) is 72.9 cm³/mol. The average Bonchev–Trinajstić information content (AvgIpc) is 2.40. The maximum Gasteiger partial charge on any atom is 0.127 e. The van der Waals surface area contributed by atoms with Crippen molar-refractivity contribution in [3.8, 4) is 11.5 Å². The van der Waals surface area contributed by atoms with Crippen molar-refractivity contribution in [3.63, 3.8) is 0 Å². The summed E-state index contributed by atoms with van der Waals surface area (Å²) in [6.07, 6.45) is 0.864. The zero-order valence-corrected chi connectivity index (χ0v) is 10.5.